The van der Waals surface area contributed by atoms with Gasteiger partial charge >= 0.3 is 5.97 Å². The highest BCUT2D eigenvalue weighted by atomic mass is 32.1. The van der Waals surface area contributed by atoms with Gasteiger partial charge in [-0.2, -0.15) is 0 Å². The zero-order chi connectivity index (χ0) is 18.0. The molecule has 1 aromatic rings. The molecule has 0 radical (unpaired) electrons. The molecule has 6 heteroatoms. The molecule has 0 bridgehead atoms. The number of methoxy groups -OCH3 is 1. The highest BCUT2D eigenvalue weighted by Gasteiger charge is 2.39. The minimum absolute atomic E-state index is 0.125. The van der Waals surface area contributed by atoms with E-state index >= 15 is 0 Å². The van der Waals surface area contributed by atoms with Gasteiger partial charge in [-0.3, -0.25) is 4.79 Å². The standard InChI is InChI=1S/C19H23NO4S/c1-11-7-8-15(25-11)18-16(19(22)24-10-9-23-3)12(2)20-13-5-4-6-14(21)17(13)18/h7-8,18,20H,4-6,9-10H2,1-3H3/t18-/m0/s1. The number of aryl methyl sites for hydroxylation is 1. The van der Waals surface area contributed by atoms with Crippen molar-refractivity contribution in [3.8, 4) is 0 Å². The number of rotatable bonds is 5. The van der Waals surface area contributed by atoms with E-state index in [2.05, 4.69) is 5.32 Å². The fourth-order valence-corrected chi connectivity index (χ4v) is 4.44. The van der Waals surface area contributed by atoms with Crippen LogP contribution in [0.4, 0.5) is 0 Å². The van der Waals surface area contributed by atoms with Crippen molar-refractivity contribution in [3.63, 3.8) is 0 Å². The summed E-state index contributed by atoms with van der Waals surface area (Å²) >= 11 is 1.62. The van der Waals surface area contributed by atoms with Crippen LogP contribution in [0.1, 0.15) is 41.9 Å². The Morgan fingerprint density at radius 2 is 2.08 bits per heavy atom. The summed E-state index contributed by atoms with van der Waals surface area (Å²) in [5, 5.41) is 3.29. The van der Waals surface area contributed by atoms with Crippen LogP contribution in [-0.2, 0) is 19.1 Å². The number of Topliss-reactive ketones (excluding diaryl/α,β-unsaturated/α-hetero) is 1. The van der Waals surface area contributed by atoms with Gasteiger partial charge in [-0.15, -0.1) is 11.3 Å². The number of hydrogen-bond acceptors (Lipinski definition) is 6. The monoisotopic (exact) mass is 361 g/mol. The summed E-state index contributed by atoms with van der Waals surface area (Å²) in [5.41, 5.74) is 2.99. The van der Waals surface area contributed by atoms with Crippen LogP contribution in [0, 0.1) is 6.92 Å². The second kappa shape index (κ2) is 7.54. The molecule has 0 saturated heterocycles. The summed E-state index contributed by atoms with van der Waals surface area (Å²) in [5.74, 6) is -0.597. The summed E-state index contributed by atoms with van der Waals surface area (Å²) in [7, 11) is 1.57. The Kier molecular flexibility index (Phi) is 5.39. The number of thiophene rings is 1. The first-order valence-electron chi connectivity index (χ1n) is 8.49. The van der Waals surface area contributed by atoms with Gasteiger partial charge in [0, 0.05) is 40.3 Å². The maximum absolute atomic E-state index is 12.8. The predicted molar refractivity (Wildman–Crippen MR) is 96.4 cm³/mol. The average molecular weight is 361 g/mol. The predicted octanol–water partition coefficient (Wildman–Crippen LogP) is 3.21. The molecule has 0 aromatic carbocycles. The van der Waals surface area contributed by atoms with E-state index in [1.54, 1.807) is 18.4 Å². The van der Waals surface area contributed by atoms with Crippen molar-refractivity contribution < 1.29 is 19.1 Å². The summed E-state index contributed by atoms with van der Waals surface area (Å²) in [6.07, 6.45) is 2.22. The van der Waals surface area contributed by atoms with E-state index in [1.165, 1.54) is 0 Å². The molecule has 2 aliphatic rings. The van der Waals surface area contributed by atoms with Crippen molar-refractivity contribution in [2.45, 2.75) is 39.0 Å². The Hall–Kier alpha value is -1.92. The third kappa shape index (κ3) is 3.55. The molecule has 1 atom stereocenters. The third-order valence-corrected chi connectivity index (χ3v) is 5.63. The summed E-state index contributed by atoms with van der Waals surface area (Å²) in [6, 6.07) is 4.04. The first-order chi connectivity index (χ1) is 12.0. The largest absolute Gasteiger partial charge is 0.460 e. The van der Waals surface area contributed by atoms with Crippen LogP contribution < -0.4 is 5.32 Å². The lowest BCUT2D eigenvalue weighted by Crippen LogP contribution is -2.34. The quantitative estimate of drug-likeness (QED) is 0.644. The van der Waals surface area contributed by atoms with E-state index in [0.29, 0.717) is 18.6 Å². The van der Waals surface area contributed by atoms with Gasteiger partial charge in [0.2, 0.25) is 0 Å². The van der Waals surface area contributed by atoms with E-state index < -0.39 is 0 Å². The number of ketones is 1. The van der Waals surface area contributed by atoms with Crippen LogP contribution in [0.25, 0.3) is 0 Å². The molecule has 0 saturated carbocycles. The Morgan fingerprint density at radius 3 is 2.76 bits per heavy atom. The lowest BCUT2D eigenvalue weighted by molar-refractivity contribution is -0.140. The van der Waals surface area contributed by atoms with Gasteiger partial charge in [-0.25, -0.2) is 4.79 Å². The zero-order valence-electron chi connectivity index (χ0n) is 14.8. The topological polar surface area (TPSA) is 64.6 Å². The van der Waals surface area contributed by atoms with Crippen molar-refractivity contribution in [1.82, 2.24) is 5.32 Å². The van der Waals surface area contributed by atoms with E-state index in [-0.39, 0.29) is 24.3 Å². The minimum Gasteiger partial charge on any atom is -0.460 e. The highest BCUT2D eigenvalue weighted by molar-refractivity contribution is 7.12. The molecule has 0 spiro atoms. The number of dihydropyridines is 1. The molecular weight excluding hydrogens is 338 g/mol. The number of esters is 1. The molecule has 0 unspecified atom stereocenters. The van der Waals surface area contributed by atoms with Gasteiger partial charge in [-0.05, 0) is 38.8 Å². The van der Waals surface area contributed by atoms with Crippen molar-refractivity contribution in [3.05, 3.63) is 44.4 Å². The summed E-state index contributed by atoms with van der Waals surface area (Å²) in [6.45, 7) is 4.45. The molecule has 1 N–H and O–H groups in total. The van der Waals surface area contributed by atoms with E-state index in [0.717, 1.165) is 39.6 Å². The van der Waals surface area contributed by atoms with Gasteiger partial charge in [0.25, 0.3) is 0 Å². The highest BCUT2D eigenvalue weighted by Crippen LogP contribution is 2.44. The van der Waals surface area contributed by atoms with Crippen LogP contribution in [-0.4, -0.2) is 32.1 Å². The molecule has 3 rings (SSSR count). The molecule has 0 amide bonds. The van der Waals surface area contributed by atoms with Crippen molar-refractivity contribution in [1.29, 1.82) is 0 Å². The molecule has 134 valence electrons. The van der Waals surface area contributed by atoms with Gasteiger partial charge < -0.3 is 14.8 Å². The molecule has 2 heterocycles. The lowest BCUT2D eigenvalue weighted by atomic mass is 9.78. The van der Waals surface area contributed by atoms with Crippen LogP contribution >= 0.6 is 11.3 Å². The number of allylic oxidation sites excluding steroid dienone is 3. The maximum atomic E-state index is 12.8. The Morgan fingerprint density at radius 1 is 1.28 bits per heavy atom. The van der Waals surface area contributed by atoms with Crippen LogP contribution in [0.15, 0.2) is 34.7 Å². The molecule has 5 nitrogen and oxygen atoms in total. The van der Waals surface area contributed by atoms with Gasteiger partial charge in [-0.1, -0.05) is 0 Å². The molecule has 1 aliphatic heterocycles. The van der Waals surface area contributed by atoms with Gasteiger partial charge in [0.1, 0.15) is 6.61 Å². The number of nitrogens with one attached hydrogen (secondary N) is 1. The summed E-state index contributed by atoms with van der Waals surface area (Å²) in [4.78, 5) is 27.6. The van der Waals surface area contributed by atoms with Crippen LogP contribution in [0.5, 0.6) is 0 Å². The van der Waals surface area contributed by atoms with E-state index in [4.69, 9.17) is 9.47 Å². The molecule has 0 fully saturated rings. The molecule has 1 aromatic heterocycles. The van der Waals surface area contributed by atoms with Crippen molar-refractivity contribution in [2.75, 3.05) is 20.3 Å². The van der Waals surface area contributed by atoms with Crippen molar-refractivity contribution in [2.24, 2.45) is 0 Å². The average Bonchev–Trinajstić information content (AvgIpc) is 3.00. The van der Waals surface area contributed by atoms with Crippen LogP contribution in [0.3, 0.4) is 0 Å². The van der Waals surface area contributed by atoms with Crippen LogP contribution in [0.2, 0.25) is 0 Å². The fraction of sp³-hybridized carbons (Fsp3) is 0.474. The normalized spacial score (nSPS) is 20.4. The third-order valence-electron chi connectivity index (χ3n) is 4.56. The van der Waals surface area contributed by atoms with Gasteiger partial charge in [0.05, 0.1) is 18.1 Å². The fourth-order valence-electron chi connectivity index (χ4n) is 3.44. The molecule has 1 aliphatic carbocycles. The summed E-state index contributed by atoms with van der Waals surface area (Å²) < 4.78 is 10.3. The second-order valence-electron chi connectivity index (χ2n) is 6.34. The molecular formula is C19H23NO4S. The van der Waals surface area contributed by atoms with E-state index in [9.17, 15) is 9.59 Å². The number of carbonyl (C=O) groups excluding carboxylic acids is 2. The smallest absolute Gasteiger partial charge is 0.336 e. The number of hydrogen-bond donors (Lipinski definition) is 1. The maximum Gasteiger partial charge on any atom is 0.336 e. The number of ether oxygens (including phenoxy) is 2. The molecule has 25 heavy (non-hydrogen) atoms. The minimum atomic E-state index is -0.386. The Bertz CT molecular complexity index is 759. The lowest BCUT2D eigenvalue weighted by Gasteiger charge is -2.33. The SMILES string of the molecule is COCCOC(=O)C1=C(C)NC2=C(C(=O)CCC2)[C@H]1c1ccc(C)s1. The van der Waals surface area contributed by atoms with Crippen molar-refractivity contribution >= 4 is 23.1 Å². The zero-order valence-corrected chi connectivity index (χ0v) is 15.6. The van der Waals surface area contributed by atoms with Gasteiger partial charge in [0.15, 0.2) is 5.78 Å². The first-order valence-corrected chi connectivity index (χ1v) is 9.31. The second-order valence-corrected chi connectivity index (χ2v) is 7.66. The number of carbonyl (C=O) groups is 2. The Balaban J connectivity index is 2.02. The first kappa shape index (κ1) is 17.9. The van der Waals surface area contributed by atoms with E-state index in [1.807, 2.05) is 26.0 Å². The Labute approximate surface area is 151 Å².